The van der Waals surface area contributed by atoms with Crippen LogP contribution in [-0.4, -0.2) is 23.6 Å². The molecule has 16 heavy (non-hydrogen) atoms. The average Bonchev–Trinajstić information content (AvgIpc) is 2.85. The summed E-state index contributed by atoms with van der Waals surface area (Å²) in [4.78, 5) is 5.71. The van der Waals surface area contributed by atoms with Crippen molar-refractivity contribution in [3.05, 3.63) is 16.1 Å². The Balaban J connectivity index is 1.86. The minimum Gasteiger partial charge on any atom is -0.310 e. The minimum absolute atomic E-state index is 0.278. The van der Waals surface area contributed by atoms with Gasteiger partial charge in [-0.2, -0.15) is 0 Å². The van der Waals surface area contributed by atoms with Crippen LogP contribution in [0.3, 0.4) is 0 Å². The molecule has 3 nitrogen and oxygen atoms in total. The van der Waals surface area contributed by atoms with E-state index < -0.39 is 0 Å². The van der Waals surface area contributed by atoms with E-state index in [0.29, 0.717) is 6.04 Å². The smallest absolute Gasteiger partial charge is 0.109 e. The Bertz CT molecular complexity index is 342. The summed E-state index contributed by atoms with van der Waals surface area (Å²) < 4.78 is 0. The van der Waals surface area contributed by atoms with Gasteiger partial charge in [0.25, 0.3) is 0 Å². The van der Waals surface area contributed by atoms with Gasteiger partial charge in [-0.1, -0.05) is 0 Å². The molecule has 0 aromatic carbocycles. The summed E-state index contributed by atoms with van der Waals surface area (Å²) in [6.45, 7) is 8.77. The van der Waals surface area contributed by atoms with E-state index in [9.17, 15) is 0 Å². The summed E-state index contributed by atoms with van der Waals surface area (Å²) in [6.07, 6.45) is 4.51. The van der Waals surface area contributed by atoms with Gasteiger partial charge in [-0.3, -0.25) is 0 Å². The average molecular weight is 239 g/mol. The van der Waals surface area contributed by atoms with Crippen molar-refractivity contribution in [1.82, 2.24) is 15.6 Å². The molecule has 1 saturated heterocycles. The highest BCUT2D eigenvalue weighted by Gasteiger charge is 2.28. The van der Waals surface area contributed by atoms with Gasteiger partial charge in [0.15, 0.2) is 0 Å². The Hall–Kier alpha value is -0.450. The zero-order chi connectivity index (χ0) is 11.6. The van der Waals surface area contributed by atoms with Gasteiger partial charge in [0.1, 0.15) is 5.01 Å². The van der Waals surface area contributed by atoms with Crippen molar-refractivity contribution in [3.63, 3.8) is 0 Å². The minimum atomic E-state index is 0.278. The highest BCUT2D eigenvalue weighted by molar-refractivity contribution is 7.11. The molecular weight excluding hydrogens is 218 g/mol. The first-order valence-electron chi connectivity index (χ1n) is 6.00. The first-order chi connectivity index (χ1) is 7.59. The third-order valence-electron chi connectivity index (χ3n) is 3.27. The fourth-order valence-corrected chi connectivity index (χ4v) is 2.95. The number of hydrogen-bond acceptors (Lipinski definition) is 4. The van der Waals surface area contributed by atoms with E-state index in [2.05, 4.69) is 36.4 Å². The van der Waals surface area contributed by atoms with Crippen LogP contribution >= 0.6 is 11.3 Å². The first-order valence-corrected chi connectivity index (χ1v) is 6.81. The number of aryl methyl sites for hydroxylation is 1. The Labute approximate surface area is 102 Å². The second kappa shape index (κ2) is 4.82. The highest BCUT2D eigenvalue weighted by atomic mass is 32.1. The van der Waals surface area contributed by atoms with Crippen LogP contribution in [0, 0.1) is 6.92 Å². The second-order valence-electron chi connectivity index (χ2n) is 5.00. The predicted octanol–water partition coefficient (Wildman–Crippen LogP) is 2.24. The molecule has 0 amide bonds. The molecule has 1 aliphatic rings. The van der Waals surface area contributed by atoms with Crippen molar-refractivity contribution in [2.75, 3.05) is 13.1 Å². The molecule has 1 aromatic heterocycles. The number of nitrogens with zero attached hydrogens (tertiary/aromatic N) is 1. The Morgan fingerprint density at radius 3 is 3.06 bits per heavy atom. The van der Waals surface area contributed by atoms with Crippen LogP contribution in [0.5, 0.6) is 0 Å². The van der Waals surface area contributed by atoms with Gasteiger partial charge >= 0.3 is 0 Å². The van der Waals surface area contributed by atoms with Crippen LogP contribution in [0.2, 0.25) is 0 Å². The Kier molecular flexibility index (Phi) is 3.62. The molecule has 1 aliphatic heterocycles. The largest absolute Gasteiger partial charge is 0.310 e. The van der Waals surface area contributed by atoms with E-state index >= 15 is 0 Å². The van der Waals surface area contributed by atoms with Crippen LogP contribution in [0.25, 0.3) is 0 Å². The lowest BCUT2D eigenvalue weighted by atomic mass is 10.0. The van der Waals surface area contributed by atoms with Gasteiger partial charge in [0.2, 0.25) is 0 Å². The number of nitrogens with one attached hydrogen (secondary N) is 2. The molecule has 2 heterocycles. The molecule has 2 rings (SSSR count). The first kappa shape index (κ1) is 12.0. The topological polar surface area (TPSA) is 37.0 Å². The molecular formula is C12H21N3S. The summed E-state index contributed by atoms with van der Waals surface area (Å²) in [6, 6.07) is 0.359. The van der Waals surface area contributed by atoms with Gasteiger partial charge in [0.05, 0.1) is 6.04 Å². The van der Waals surface area contributed by atoms with Crippen molar-refractivity contribution in [2.24, 2.45) is 0 Å². The monoisotopic (exact) mass is 239 g/mol. The van der Waals surface area contributed by atoms with Gasteiger partial charge in [-0.25, -0.2) is 4.98 Å². The molecule has 0 radical (unpaired) electrons. The molecule has 0 bridgehead atoms. The van der Waals surface area contributed by atoms with Crippen LogP contribution in [0.1, 0.15) is 42.6 Å². The lowest BCUT2D eigenvalue weighted by molar-refractivity contribution is 0.367. The van der Waals surface area contributed by atoms with Gasteiger partial charge < -0.3 is 10.6 Å². The predicted molar refractivity (Wildman–Crippen MR) is 68.9 cm³/mol. The van der Waals surface area contributed by atoms with Gasteiger partial charge in [0, 0.05) is 23.2 Å². The number of hydrogen-bond donors (Lipinski definition) is 2. The van der Waals surface area contributed by atoms with Crippen LogP contribution in [-0.2, 0) is 0 Å². The number of aromatic nitrogens is 1. The quantitative estimate of drug-likeness (QED) is 0.846. The fraction of sp³-hybridized carbons (Fsp3) is 0.750. The normalized spacial score (nSPS) is 27.2. The van der Waals surface area contributed by atoms with Gasteiger partial charge in [-0.05, 0) is 40.2 Å². The zero-order valence-electron chi connectivity index (χ0n) is 10.3. The molecule has 2 N–H and O–H groups in total. The molecule has 2 unspecified atom stereocenters. The zero-order valence-corrected chi connectivity index (χ0v) is 11.2. The van der Waals surface area contributed by atoms with Gasteiger partial charge in [-0.15, -0.1) is 11.3 Å². The summed E-state index contributed by atoms with van der Waals surface area (Å²) in [5, 5.41) is 8.34. The third-order valence-corrected chi connectivity index (χ3v) is 4.36. The lowest BCUT2D eigenvalue weighted by Crippen LogP contribution is -2.46. The van der Waals surface area contributed by atoms with Crippen molar-refractivity contribution in [1.29, 1.82) is 0 Å². The van der Waals surface area contributed by atoms with Crippen LogP contribution < -0.4 is 10.6 Å². The molecule has 1 aromatic rings. The van der Waals surface area contributed by atoms with E-state index in [0.717, 1.165) is 13.1 Å². The summed E-state index contributed by atoms with van der Waals surface area (Å²) in [5.74, 6) is 0. The Morgan fingerprint density at radius 2 is 2.50 bits per heavy atom. The molecule has 0 spiro atoms. The van der Waals surface area contributed by atoms with Crippen molar-refractivity contribution in [2.45, 2.75) is 45.2 Å². The Morgan fingerprint density at radius 1 is 1.69 bits per heavy atom. The summed E-state index contributed by atoms with van der Waals surface area (Å²) >= 11 is 1.78. The number of thiazole rings is 1. The van der Waals surface area contributed by atoms with E-state index in [1.807, 2.05) is 6.20 Å². The van der Waals surface area contributed by atoms with Crippen molar-refractivity contribution < 1.29 is 0 Å². The number of rotatable bonds is 4. The molecule has 2 atom stereocenters. The molecule has 4 heteroatoms. The lowest BCUT2D eigenvalue weighted by Gasteiger charge is -2.26. The maximum absolute atomic E-state index is 4.42. The third kappa shape index (κ3) is 2.81. The molecule has 90 valence electrons. The van der Waals surface area contributed by atoms with E-state index in [1.54, 1.807) is 11.3 Å². The maximum atomic E-state index is 4.42. The van der Waals surface area contributed by atoms with E-state index in [4.69, 9.17) is 0 Å². The van der Waals surface area contributed by atoms with Crippen molar-refractivity contribution >= 4 is 11.3 Å². The standard InChI is InChI=1S/C12H21N3S/c1-9-7-13-11(16-9)10(2)14-8-12(3)5-4-6-15-12/h7,10,14-15H,4-6,8H2,1-3H3. The van der Waals surface area contributed by atoms with Crippen LogP contribution in [0.4, 0.5) is 0 Å². The highest BCUT2D eigenvalue weighted by Crippen LogP contribution is 2.21. The summed E-state index contributed by atoms with van der Waals surface area (Å²) in [7, 11) is 0. The van der Waals surface area contributed by atoms with E-state index in [1.165, 1.54) is 22.7 Å². The second-order valence-corrected chi connectivity index (χ2v) is 6.27. The van der Waals surface area contributed by atoms with E-state index in [-0.39, 0.29) is 5.54 Å². The molecule has 0 aliphatic carbocycles. The molecule has 1 fully saturated rings. The van der Waals surface area contributed by atoms with Crippen LogP contribution in [0.15, 0.2) is 6.20 Å². The fourth-order valence-electron chi connectivity index (χ4n) is 2.15. The molecule has 0 saturated carbocycles. The summed E-state index contributed by atoms with van der Waals surface area (Å²) in [5.41, 5.74) is 0.278. The maximum Gasteiger partial charge on any atom is 0.109 e. The SMILES string of the molecule is Cc1cnc(C(C)NCC2(C)CCCN2)s1. The van der Waals surface area contributed by atoms with Crippen molar-refractivity contribution in [3.8, 4) is 0 Å².